The van der Waals surface area contributed by atoms with Gasteiger partial charge < -0.3 is 0 Å². The first-order valence-corrected chi connectivity index (χ1v) is 13.8. The Morgan fingerprint density at radius 3 is 1.83 bits per heavy atom. The Morgan fingerprint density at radius 2 is 1.27 bits per heavy atom. The smallest absolute Gasteiger partial charge is 0.148 e. The van der Waals surface area contributed by atoms with Gasteiger partial charge in [-0.25, -0.2) is 0 Å². The highest BCUT2D eigenvalue weighted by Crippen LogP contribution is 2.44. The molecule has 0 aliphatic heterocycles. The lowest BCUT2D eigenvalue weighted by atomic mass is 9.67. The normalized spacial score (nSPS) is 15.1. The Kier molecular flexibility index (Phi) is 8.21. The third kappa shape index (κ3) is 5.77. The van der Waals surface area contributed by atoms with Crippen LogP contribution in [-0.4, -0.2) is 11.0 Å². The van der Waals surface area contributed by atoms with Crippen molar-refractivity contribution in [2.75, 3.05) is 6.16 Å². The molecule has 3 unspecified atom stereocenters. The van der Waals surface area contributed by atoms with Gasteiger partial charge in [0.2, 0.25) is 4.86 Å². The molecule has 156 valence electrons. The van der Waals surface area contributed by atoms with Crippen molar-refractivity contribution in [1.29, 1.82) is 0 Å². The van der Waals surface area contributed by atoms with E-state index in [4.69, 9.17) is 0 Å². The van der Waals surface area contributed by atoms with Gasteiger partial charge in [0.25, 0.3) is 0 Å². The molecule has 0 fully saturated rings. The summed E-state index contributed by atoms with van der Waals surface area (Å²) in [6, 6.07) is 31.3. The van der Waals surface area contributed by atoms with Crippen LogP contribution < -0.4 is 0 Å². The first kappa shape index (κ1) is 23.5. The number of benzene rings is 3. The second-order valence-electron chi connectivity index (χ2n) is 9.35. The first-order chi connectivity index (χ1) is 14.4. The van der Waals surface area contributed by atoms with E-state index in [1.54, 1.807) is 0 Å². The van der Waals surface area contributed by atoms with Crippen molar-refractivity contribution in [3.05, 3.63) is 107 Å². The molecule has 0 N–H and O–H groups in total. The van der Waals surface area contributed by atoms with Gasteiger partial charge in [0.05, 0.1) is 0 Å². The van der Waals surface area contributed by atoms with E-state index in [1.165, 1.54) is 33.3 Å². The lowest BCUT2D eigenvalue weighted by Gasteiger charge is -2.39. The summed E-state index contributed by atoms with van der Waals surface area (Å²) in [4.78, 5) is 1.26. The number of rotatable bonds is 9. The molecule has 0 spiro atoms. The molecular weight excluding hydrogens is 493 g/mol. The molecule has 0 nitrogen and oxygen atoms in total. The lowest BCUT2D eigenvalue weighted by Crippen LogP contribution is -2.32. The molecule has 3 rings (SSSR count). The SMILES string of the molecule is CC(c1ccccc1)c1ccc(C(C)(CC(C)(C)CPBI)c2ccccc2)cc1. The minimum Gasteiger partial charge on any atom is -0.148 e. The van der Waals surface area contributed by atoms with Gasteiger partial charge in [-0.15, -0.1) is 30.8 Å². The van der Waals surface area contributed by atoms with Gasteiger partial charge in [-0.2, -0.15) is 0 Å². The summed E-state index contributed by atoms with van der Waals surface area (Å²) in [5, 5.41) is 0. The van der Waals surface area contributed by atoms with Crippen molar-refractivity contribution in [1.82, 2.24) is 0 Å². The Labute approximate surface area is 199 Å². The minimum absolute atomic E-state index is 0.00896. The maximum Gasteiger partial charge on any atom is 0.225 e. The van der Waals surface area contributed by atoms with Crippen molar-refractivity contribution in [2.24, 2.45) is 5.41 Å². The molecule has 0 aliphatic rings. The predicted molar refractivity (Wildman–Crippen MR) is 146 cm³/mol. The average molecular weight is 526 g/mol. The molecule has 3 heteroatoms. The summed E-state index contributed by atoms with van der Waals surface area (Å²) in [5.41, 5.74) is 5.91. The van der Waals surface area contributed by atoms with Crippen LogP contribution in [0.25, 0.3) is 0 Å². The molecule has 0 radical (unpaired) electrons. The van der Waals surface area contributed by atoms with Crippen molar-refractivity contribution >= 4 is 35.7 Å². The molecule has 3 atom stereocenters. The van der Waals surface area contributed by atoms with E-state index in [2.05, 4.69) is 135 Å². The van der Waals surface area contributed by atoms with Crippen molar-refractivity contribution in [3.63, 3.8) is 0 Å². The van der Waals surface area contributed by atoms with Crippen LogP contribution in [0.3, 0.4) is 0 Å². The van der Waals surface area contributed by atoms with Crippen molar-refractivity contribution in [3.8, 4) is 0 Å². The quantitative estimate of drug-likeness (QED) is 0.151. The third-order valence-electron chi connectivity index (χ3n) is 6.29. The van der Waals surface area contributed by atoms with Gasteiger partial charge in [0.1, 0.15) is 0 Å². The highest BCUT2D eigenvalue weighted by Gasteiger charge is 2.35. The highest BCUT2D eigenvalue weighted by atomic mass is 127. The molecule has 3 aromatic rings. The third-order valence-corrected chi connectivity index (χ3v) is 9.30. The predicted octanol–water partition coefficient (Wildman–Crippen LogP) is 7.94. The van der Waals surface area contributed by atoms with Gasteiger partial charge in [-0.3, -0.25) is 0 Å². The Morgan fingerprint density at radius 1 is 0.767 bits per heavy atom. The summed E-state index contributed by atoms with van der Waals surface area (Å²) in [6.07, 6.45) is 2.45. The fourth-order valence-electron chi connectivity index (χ4n) is 4.66. The number of halogens is 1. The maximum atomic E-state index is 2.51. The van der Waals surface area contributed by atoms with Gasteiger partial charge >= 0.3 is 0 Å². The average Bonchev–Trinajstić information content (AvgIpc) is 2.78. The molecule has 0 saturated heterocycles. The van der Waals surface area contributed by atoms with Crippen molar-refractivity contribution in [2.45, 2.75) is 45.4 Å². The molecule has 0 bridgehead atoms. The van der Waals surface area contributed by atoms with E-state index >= 15 is 0 Å². The van der Waals surface area contributed by atoms with Gasteiger partial charge in [-0.05, 0) is 40.3 Å². The van der Waals surface area contributed by atoms with Gasteiger partial charge in [0, 0.05) is 11.3 Å². The molecule has 0 saturated carbocycles. The lowest BCUT2D eigenvalue weighted by molar-refractivity contribution is 0.306. The van der Waals surface area contributed by atoms with Crippen LogP contribution in [0.2, 0.25) is 0 Å². The summed E-state index contributed by atoms with van der Waals surface area (Å²) >= 11 is 2.51. The second kappa shape index (κ2) is 10.5. The first-order valence-electron chi connectivity index (χ1n) is 10.8. The second-order valence-corrected chi connectivity index (χ2v) is 12.8. The highest BCUT2D eigenvalue weighted by molar-refractivity contribution is 14.1. The van der Waals surface area contributed by atoms with E-state index in [9.17, 15) is 0 Å². The molecule has 30 heavy (non-hydrogen) atoms. The zero-order valence-corrected chi connectivity index (χ0v) is 21.8. The molecular formula is C27H33BIP. The van der Waals surface area contributed by atoms with Crippen LogP contribution in [0.5, 0.6) is 0 Å². The fraction of sp³-hybridized carbons (Fsp3) is 0.333. The Hall–Kier alpha value is -1.12. The Balaban J connectivity index is 1.94. The van der Waals surface area contributed by atoms with E-state index in [-0.39, 0.29) is 5.41 Å². The molecule has 0 amide bonds. The van der Waals surface area contributed by atoms with Crippen LogP contribution in [-0.2, 0) is 5.41 Å². The standard InChI is InChI=1S/C27H33BIP/c1-21(22-11-7-5-8-12-22)23-15-17-25(18-16-23)27(4,24-13-9-6-10-14-24)19-26(2,3)20-30-28-29/h5-18,21,28,30H,19-20H2,1-4H3. The minimum atomic E-state index is 0.00896. The summed E-state index contributed by atoms with van der Waals surface area (Å²) < 4.78 is 0. The molecule has 3 aromatic carbocycles. The van der Waals surface area contributed by atoms with E-state index in [0.717, 1.165) is 14.9 Å². The number of hydrogen-bond acceptors (Lipinski definition) is 0. The van der Waals surface area contributed by atoms with Crippen LogP contribution in [0.1, 0.15) is 62.3 Å². The van der Waals surface area contributed by atoms with Crippen LogP contribution in [0.4, 0.5) is 0 Å². The fourth-order valence-corrected chi connectivity index (χ4v) is 6.36. The largest absolute Gasteiger partial charge is 0.225 e. The summed E-state index contributed by atoms with van der Waals surface area (Å²) in [7, 11) is 1.03. The van der Waals surface area contributed by atoms with Crippen LogP contribution in [0.15, 0.2) is 84.9 Å². The van der Waals surface area contributed by atoms with Crippen molar-refractivity contribution < 1.29 is 0 Å². The van der Waals surface area contributed by atoms with E-state index in [1.807, 2.05) is 0 Å². The molecule has 0 aromatic heterocycles. The van der Waals surface area contributed by atoms with Crippen LogP contribution in [0, 0.1) is 5.41 Å². The monoisotopic (exact) mass is 526 g/mol. The molecule has 0 aliphatic carbocycles. The van der Waals surface area contributed by atoms with Crippen LogP contribution >= 0.6 is 30.8 Å². The maximum absolute atomic E-state index is 2.51. The zero-order valence-electron chi connectivity index (χ0n) is 18.7. The van der Waals surface area contributed by atoms with Gasteiger partial charge in [0.15, 0.2) is 0 Å². The Bertz CT molecular complexity index is 909. The van der Waals surface area contributed by atoms with Gasteiger partial charge in [-0.1, -0.05) is 113 Å². The number of hydrogen-bond donors (Lipinski definition) is 0. The summed E-state index contributed by atoms with van der Waals surface area (Å²) in [5.74, 6) is 0.407. The summed E-state index contributed by atoms with van der Waals surface area (Å²) in [6.45, 7) is 9.63. The molecule has 0 heterocycles. The van der Waals surface area contributed by atoms with E-state index < -0.39 is 0 Å². The van der Waals surface area contributed by atoms with E-state index in [0.29, 0.717) is 11.3 Å². The zero-order chi connectivity index (χ0) is 21.6. The topological polar surface area (TPSA) is 0 Å².